The van der Waals surface area contributed by atoms with E-state index in [9.17, 15) is 18.0 Å². The van der Waals surface area contributed by atoms with Gasteiger partial charge in [0.25, 0.3) is 0 Å². The predicted octanol–water partition coefficient (Wildman–Crippen LogP) is 0.969. The molecule has 1 aliphatic heterocycles. The molecule has 1 N–H and O–H groups in total. The van der Waals surface area contributed by atoms with Gasteiger partial charge in [0.15, 0.2) is 9.84 Å². The molecule has 1 fully saturated rings. The van der Waals surface area contributed by atoms with Crippen molar-refractivity contribution in [3.8, 4) is 0 Å². The smallest absolute Gasteiger partial charge is 0.244 e. The number of hydrogen-bond donors (Lipinski definition) is 1. The molecule has 0 saturated carbocycles. The molecule has 0 spiro atoms. The summed E-state index contributed by atoms with van der Waals surface area (Å²) < 4.78 is 23.1. The number of sulfone groups is 1. The van der Waals surface area contributed by atoms with Crippen LogP contribution < -0.4 is 5.32 Å². The lowest BCUT2D eigenvalue weighted by Crippen LogP contribution is -2.44. The minimum Gasteiger partial charge on any atom is -0.330 e. The predicted molar refractivity (Wildman–Crippen MR) is 84.3 cm³/mol. The number of nitrogens with one attached hydrogen (secondary N) is 1. The Hall–Kier alpha value is -1.89. The first-order valence-corrected chi connectivity index (χ1v) is 8.93. The zero-order chi connectivity index (χ0) is 16.3. The summed E-state index contributed by atoms with van der Waals surface area (Å²) in [4.78, 5) is 25.1. The van der Waals surface area contributed by atoms with E-state index in [4.69, 9.17) is 0 Å². The second-order valence-electron chi connectivity index (χ2n) is 5.62. The van der Waals surface area contributed by atoms with E-state index in [1.165, 1.54) is 11.8 Å². The molecule has 0 bridgehead atoms. The Labute approximate surface area is 130 Å². The topological polar surface area (TPSA) is 83.6 Å². The maximum atomic E-state index is 12.1. The van der Waals surface area contributed by atoms with E-state index < -0.39 is 15.9 Å². The molecular weight excluding hydrogens is 304 g/mol. The van der Waals surface area contributed by atoms with Gasteiger partial charge >= 0.3 is 0 Å². The Morgan fingerprint density at radius 1 is 1.27 bits per heavy atom. The molecule has 0 aromatic heterocycles. The molecule has 1 atom stereocenters. The first-order valence-electron chi connectivity index (χ1n) is 7.11. The number of hydrogen-bond acceptors (Lipinski definition) is 4. The highest BCUT2D eigenvalue weighted by Crippen LogP contribution is 2.18. The zero-order valence-corrected chi connectivity index (χ0v) is 13.5. The summed E-state index contributed by atoms with van der Waals surface area (Å²) in [6, 6.07) is 6.91. The van der Waals surface area contributed by atoms with Crippen LogP contribution in [-0.4, -0.2) is 49.2 Å². The average molecular weight is 324 g/mol. The van der Waals surface area contributed by atoms with Crippen molar-refractivity contribution in [1.29, 1.82) is 0 Å². The Morgan fingerprint density at radius 3 is 2.41 bits per heavy atom. The molecule has 7 heteroatoms. The first kappa shape index (κ1) is 16.5. The minimum atomic E-state index is -3.10. The van der Waals surface area contributed by atoms with E-state index in [1.807, 2.05) is 19.1 Å². The fraction of sp³-hybridized carbons (Fsp3) is 0.467. The molecule has 6 nitrogen and oxygen atoms in total. The van der Waals surface area contributed by atoms with Crippen LogP contribution in [0.2, 0.25) is 0 Å². The van der Waals surface area contributed by atoms with Gasteiger partial charge in [0.1, 0.15) is 6.54 Å². The van der Waals surface area contributed by atoms with Crippen LogP contribution in [0.3, 0.4) is 0 Å². The van der Waals surface area contributed by atoms with Gasteiger partial charge in [-0.1, -0.05) is 17.7 Å². The quantitative estimate of drug-likeness (QED) is 0.894. The van der Waals surface area contributed by atoms with Crippen molar-refractivity contribution in [3.63, 3.8) is 0 Å². The van der Waals surface area contributed by atoms with Gasteiger partial charge in [-0.3, -0.25) is 9.59 Å². The van der Waals surface area contributed by atoms with E-state index >= 15 is 0 Å². The molecule has 0 radical (unpaired) electrons. The molecular formula is C15H20N2O4S. The van der Waals surface area contributed by atoms with Crippen LogP contribution in [0.1, 0.15) is 18.9 Å². The highest BCUT2D eigenvalue weighted by molar-refractivity contribution is 7.91. The summed E-state index contributed by atoms with van der Waals surface area (Å²) in [7, 11) is -3.10. The summed E-state index contributed by atoms with van der Waals surface area (Å²) in [6.07, 6.45) is 0.389. The van der Waals surface area contributed by atoms with Crippen LogP contribution in [-0.2, 0) is 19.4 Å². The SMILES string of the molecule is CC(=O)N(CC(=O)Nc1ccc(C)cc1)C1CCS(=O)(=O)C1. The number of carbonyl (C=O) groups excluding carboxylic acids is 2. The lowest BCUT2D eigenvalue weighted by molar-refractivity contribution is -0.134. The summed E-state index contributed by atoms with van der Waals surface area (Å²) >= 11 is 0. The highest BCUT2D eigenvalue weighted by atomic mass is 32.2. The van der Waals surface area contributed by atoms with Crippen LogP contribution in [0.5, 0.6) is 0 Å². The van der Waals surface area contributed by atoms with E-state index in [1.54, 1.807) is 12.1 Å². The molecule has 1 unspecified atom stereocenters. The van der Waals surface area contributed by atoms with Crippen molar-refractivity contribution in [2.75, 3.05) is 23.4 Å². The molecule has 120 valence electrons. The maximum absolute atomic E-state index is 12.1. The Kier molecular flexibility index (Phi) is 4.85. The Morgan fingerprint density at radius 2 is 1.91 bits per heavy atom. The van der Waals surface area contributed by atoms with Gasteiger partial charge in [-0.05, 0) is 25.5 Å². The van der Waals surface area contributed by atoms with E-state index in [2.05, 4.69) is 5.32 Å². The molecule has 1 aromatic rings. The van der Waals surface area contributed by atoms with Gasteiger partial charge in [-0.2, -0.15) is 0 Å². The standard InChI is InChI=1S/C15H20N2O4S/c1-11-3-5-13(6-4-11)16-15(19)9-17(12(2)18)14-7-8-22(20,21)10-14/h3-6,14H,7-10H2,1-2H3,(H,16,19). The Balaban J connectivity index is 2.00. The van der Waals surface area contributed by atoms with Crippen LogP contribution >= 0.6 is 0 Å². The maximum Gasteiger partial charge on any atom is 0.244 e. The van der Waals surface area contributed by atoms with Gasteiger partial charge in [-0.15, -0.1) is 0 Å². The van der Waals surface area contributed by atoms with Gasteiger partial charge in [0.2, 0.25) is 11.8 Å². The minimum absolute atomic E-state index is 0.0651. The van der Waals surface area contributed by atoms with Crippen molar-refractivity contribution < 1.29 is 18.0 Å². The van der Waals surface area contributed by atoms with Crippen LogP contribution in [0.4, 0.5) is 5.69 Å². The average Bonchev–Trinajstić information content (AvgIpc) is 2.78. The summed E-state index contributed by atoms with van der Waals surface area (Å²) in [5, 5.41) is 2.72. The number of amides is 2. The van der Waals surface area contributed by atoms with Crippen LogP contribution in [0, 0.1) is 6.92 Å². The number of benzene rings is 1. The van der Waals surface area contributed by atoms with Gasteiger partial charge in [-0.25, -0.2) is 8.42 Å². The molecule has 2 rings (SSSR count). The first-order chi connectivity index (χ1) is 10.3. The zero-order valence-electron chi connectivity index (χ0n) is 12.7. The fourth-order valence-electron chi connectivity index (χ4n) is 2.51. The third-order valence-electron chi connectivity index (χ3n) is 3.70. The van der Waals surface area contributed by atoms with Crippen molar-refractivity contribution in [3.05, 3.63) is 29.8 Å². The number of rotatable bonds is 4. The molecule has 1 aliphatic rings. The largest absolute Gasteiger partial charge is 0.330 e. The van der Waals surface area contributed by atoms with Gasteiger partial charge in [0.05, 0.1) is 11.5 Å². The van der Waals surface area contributed by atoms with E-state index in [0.717, 1.165) is 5.56 Å². The second kappa shape index (κ2) is 6.48. The fourth-order valence-corrected chi connectivity index (χ4v) is 4.24. The lowest BCUT2D eigenvalue weighted by Gasteiger charge is -2.26. The Bertz CT molecular complexity index is 667. The molecule has 1 saturated heterocycles. The molecule has 22 heavy (non-hydrogen) atoms. The van der Waals surface area contributed by atoms with Crippen molar-refractivity contribution in [1.82, 2.24) is 4.90 Å². The van der Waals surface area contributed by atoms with Crippen LogP contribution in [0.25, 0.3) is 0 Å². The number of nitrogens with zero attached hydrogens (tertiary/aromatic N) is 1. The number of anilines is 1. The van der Waals surface area contributed by atoms with Crippen molar-refractivity contribution in [2.45, 2.75) is 26.3 Å². The number of aryl methyl sites for hydroxylation is 1. The van der Waals surface area contributed by atoms with E-state index in [0.29, 0.717) is 12.1 Å². The van der Waals surface area contributed by atoms with Gasteiger partial charge in [0, 0.05) is 18.7 Å². The third kappa shape index (κ3) is 4.30. The van der Waals surface area contributed by atoms with Crippen molar-refractivity contribution in [2.24, 2.45) is 0 Å². The van der Waals surface area contributed by atoms with Crippen LogP contribution in [0.15, 0.2) is 24.3 Å². The number of carbonyl (C=O) groups is 2. The van der Waals surface area contributed by atoms with Gasteiger partial charge < -0.3 is 10.2 Å². The monoisotopic (exact) mass is 324 g/mol. The molecule has 0 aliphatic carbocycles. The van der Waals surface area contributed by atoms with Crippen molar-refractivity contribution >= 4 is 27.3 Å². The molecule has 1 heterocycles. The highest BCUT2D eigenvalue weighted by Gasteiger charge is 2.34. The summed E-state index contributed by atoms with van der Waals surface area (Å²) in [5.74, 6) is -0.615. The molecule has 1 aromatic carbocycles. The third-order valence-corrected chi connectivity index (χ3v) is 5.45. The van der Waals surface area contributed by atoms with E-state index in [-0.39, 0.29) is 29.9 Å². The lowest BCUT2D eigenvalue weighted by atomic mass is 10.2. The second-order valence-corrected chi connectivity index (χ2v) is 7.85. The molecule has 2 amide bonds. The summed E-state index contributed by atoms with van der Waals surface area (Å²) in [6.45, 7) is 3.16. The normalized spacial score (nSPS) is 19.6. The summed E-state index contributed by atoms with van der Waals surface area (Å²) in [5.41, 5.74) is 1.73.